The normalized spacial score (nSPS) is 12.4. The molecule has 0 bridgehead atoms. The number of carbonyl (C=O) groups is 1. The van der Waals surface area contributed by atoms with Gasteiger partial charge in [0.25, 0.3) is 0 Å². The molecule has 0 aliphatic rings. The summed E-state index contributed by atoms with van der Waals surface area (Å²) in [5.41, 5.74) is 2.12. The lowest BCUT2D eigenvalue weighted by Gasteiger charge is -2.14. The van der Waals surface area contributed by atoms with Crippen LogP contribution in [0.2, 0.25) is 0 Å². The predicted molar refractivity (Wildman–Crippen MR) is 103 cm³/mol. The Balaban J connectivity index is 1.93. The van der Waals surface area contributed by atoms with Gasteiger partial charge in [0.2, 0.25) is 5.78 Å². The number of Topliss-reactive ketones (excluding diaryl/α,β-unsaturated/α-hetero) is 1. The summed E-state index contributed by atoms with van der Waals surface area (Å²) in [4.78, 5) is 22.5. The Hall–Kier alpha value is -2.84. The van der Waals surface area contributed by atoms with E-state index in [4.69, 9.17) is 0 Å². The average Bonchev–Trinajstić information content (AvgIpc) is 3.13. The Bertz CT molecular complexity index is 965. The van der Waals surface area contributed by atoms with Crippen LogP contribution in [-0.4, -0.2) is 15.8 Å². The highest BCUT2D eigenvalue weighted by atomic mass is 32.1. The monoisotopic (exact) mass is 361 g/mol. The molecule has 2 heterocycles. The van der Waals surface area contributed by atoms with Gasteiger partial charge in [-0.05, 0) is 28.7 Å². The van der Waals surface area contributed by atoms with Crippen LogP contribution in [0.15, 0.2) is 54.9 Å². The first-order valence-corrected chi connectivity index (χ1v) is 9.13. The SMILES string of the molecule is CC(C)(C)c1cnc(C(C#N)C(=O)c2cc(-c3ccccc3)ccn2)s1. The van der Waals surface area contributed by atoms with Gasteiger partial charge in [0.15, 0.2) is 5.92 Å². The van der Waals surface area contributed by atoms with Crippen molar-refractivity contribution in [1.29, 1.82) is 5.26 Å². The van der Waals surface area contributed by atoms with Crippen molar-refractivity contribution in [2.75, 3.05) is 0 Å². The topological polar surface area (TPSA) is 66.6 Å². The molecule has 0 saturated heterocycles. The van der Waals surface area contributed by atoms with E-state index in [0.717, 1.165) is 16.0 Å². The molecule has 130 valence electrons. The van der Waals surface area contributed by atoms with Crippen LogP contribution in [0, 0.1) is 11.3 Å². The fourth-order valence-corrected chi connectivity index (χ4v) is 3.54. The zero-order valence-electron chi connectivity index (χ0n) is 14.9. The van der Waals surface area contributed by atoms with Crippen LogP contribution >= 0.6 is 11.3 Å². The maximum atomic E-state index is 12.9. The van der Waals surface area contributed by atoms with Crippen LogP contribution in [0.25, 0.3) is 11.1 Å². The Kier molecular flexibility index (Phi) is 4.97. The molecule has 2 aromatic heterocycles. The molecular weight excluding hydrogens is 342 g/mol. The van der Waals surface area contributed by atoms with Crippen LogP contribution in [0.5, 0.6) is 0 Å². The minimum atomic E-state index is -0.936. The minimum Gasteiger partial charge on any atom is -0.290 e. The molecular formula is C21H19N3OS. The van der Waals surface area contributed by atoms with E-state index in [1.807, 2.05) is 36.4 Å². The molecule has 1 atom stereocenters. The molecule has 0 radical (unpaired) electrons. The zero-order chi connectivity index (χ0) is 18.7. The maximum absolute atomic E-state index is 12.9. The Morgan fingerprint density at radius 1 is 1.12 bits per heavy atom. The van der Waals surface area contributed by atoms with Crippen LogP contribution in [-0.2, 0) is 5.41 Å². The highest BCUT2D eigenvalue weighted by molar-refractivity contribution is 7.12. The van der Waals surface area contributed by atoms with Crippen molar-refractivity contribution in [3.63, 3.8) is 0 Å². The van der Waals surface area contributed by atoms with Crippen molar-refractivity contribution in [2.24, 2.45) is 0 Å². The Morgan fingerprint density at radius 3 is 2.46 bits per heavy atom. The van der Waals surface area contributed by atoms with E-state index < -0.39 is 5.92 Å². The number of nitrogens with zero attached hydrogens (tertiary/aromatic N) is 3. The van der Waals surface area contributed by atoms with Gasteiger partial charge in [-0.1, -0.05) is 51.1 Å². The second-order valence-corrected chi connectivity index (χ2v) is 8.10. The Labute approximate surface area is 157 Å². The lowest BCUT2D eigenvalue weighted by Crippen LogP contribution is -2.13. The molecule has 1 aromatic carbocycles. The second kappa shape index (κ2) is 7.19. The van der Waals surface area contributed by atoms with E-state index in [0.29, 0.717) is 5.01 Å². The number of benzene rings is 1. The molecule has 26 heavy (non-hydrogen) atoms. The number of ketones is 1. The number of rotatable bonds is 4. The summed E-state index contributed by atoms with van der Waals surface area (Å²) in [6, 6.07) is 15.5. The molecule has 0 saturated carbocycles. The van der Waals surface area contributed by atoms with Gasteiger partial charge in [-0.3, -0.25) is 9.78 Å². The Morgan fingerprint density at radius 2 is 1.85 bits per heavy atom. The van der Waals surface area contributed by atoms with E-state index in [1.54, 1.807) is 18.5 Å². The largest absolute Gasteiger partial charge is 0.290 e. The van der Waals surface area contributed by atoms with E-state index in [9.17, 15) is 10.1 Å². The van der Waals surface area contributed by atoms with E-state index in [1.165, 1.54) is 11.3 Å². The highest BCUT2D eigenvalue weighted by Gasteiger charge is 2.28. The van der Waals surface area contributed by atoms with Gasteiger partial charge in [-0.15, -0.1) is 11.3 Å². The summed E-state index contributed by atoms with van der Waals surface area (Å²) < 4.78 is 0. The van der Waals surface area contributed by atoms with Gasteiger partial charge in [-0.2, -0.15) is 5.26 Å². The quantitative estimate of drug-likeness (QED) is 0.614. The van der Waals surface area contributed by atoms with Crippen molar-refractivity contribution in [1.82, 2.24) is 9.97 Å². The number of thiazole rings is 1. The summed E-state index contributed by atoms with van der Waals surface area (Å²) in [6.45, 7) is 6.25. The van der Waals surface area contributed by atoms with Crippen molar-refractivity contribution in [3.05, 3.63) is 70.4 Å². The fourth-order valence-electron chi connectivity index (χ4n) is 2.52. The van der Waals surface area contributed by atoms with Gasteiger partial charge >= 0.3 is 0 Å². The second-order valence-electron chi connectivity index (χ2n) is 7.03. The van der Waals surface area contributed by atoms with Crippen LogP contribution in [0.3, 0.4) is 0 Å². The van der Waals surface area contributed by atoms with Gasteiger partial charge in [0.05, 0.1) is 6.07 Å². The summed E-state index contributed by atoms with van der Waals surface area (Å²) in [6.07, 6.45) is 3.36. The molecule has 3 rings (SSSR count). The van der Waals surface area contributed by atoms with Gasteiger partial charge in [0, 0.05) is 17.3 Å². The third-order valence-electron chi connectivity index (χ3n) is 4.02. The lowest BCUT2D eigenvalue weighted by atomic mass is 9.96. The maximum Gasteiger partial charge on any atom is 0.205 e. The first-order chi connectivity index (χ1) is 12.4. The number of aromatic nitrogens is 2. The fraction of sp³-hybridized carbons (Fsp3) is 0.238. The van der Waals surface area contributed by atoms with Crippen LogP contribution < -0.4 is 0 Å². The zero-order valence-corrected chi connectivity index (χ0v) is 15.7. The van der Waals surface area contributed by atoms with Gasteiger partial charge in [0.1, 0.15) is 10.7 Å². The summed E-state index contributed by atoms with van der Waals surface area (Å²) >= 11 is 1.41. The number of hydrogen-bond donors (Lipinski definition) is 0. The molecule has 0 aliphatic heterocycles. The smallest absolute Gasteiger partial charge is 0.205 e. The third kappa shape index (κ3) is 3.71. The van der Waals surface area contributed by atoms with Crippen molar-refractivity contribution < 1.29 is 4.79 Å². The molecule has 4 nitrogen and oxygen atoms in total. The minimum absolute atomic E-state index is 0.0650. The van der Waals surface area contributed by atoms with E-state index in [2.05, 4.69) is 36.8 Å². The molecule has 1 unspecified atom stereocenters. The number of nitriles is 1. The number of carbonyl (C=O) groups excluding carboxylic acids is 1. The molecule has 3 aromatic rings. The highest BCUT2D eigenvalue weighted by Crippen LogP contribution is 2.32. The number of hydrogen-bond acceptors (Lipinski definition) is 5. The van der Waals surface area contributed by atoms with Gasteiger partial charge in [-0.25, -0.2) is 4.98 Å². The summed E-state index contributed by atoms with van der Waals surface area (Å²) in [7, 11) is 0. The predicted octanol–water partition coefficient (Wildman–Crippen LogP) is 4.99. The average molecular weight is 361 g/mol. The standard InChI is InChI=1S/C21H19N3OS/c1-21(2,3)18-13-24-20(26-18)16(12-22)19(25)17-11-15(9-10-23-17)14-7-5-4-6-8-14/h4-11,13,16H,1-3H3. The molecule has 0 aliphatic carbocycles. The number of pyridine rings is 1. The van der Waals surface area contributed by atoms with Crippen molar-refractivity contribution >= 4 is 17.1 Å². The molecule has 0 amide bonds. The first kappa shape index (κ1) is 18.0. The summed E-state index contributed by atoms with van der Waals surface area (Å²) in [5, 5.41) is 10.1. The summed E-state index contributed by atoms with van der Waals surface area (Å²) in [5.74, 6) is -1.25. The van der Waals surface area contributed by atoms with Crippen LogP contribution in [0.1, 0.15) is 47.1 Å². The van der Waals surface area contributed by atoms with Crippen LogP contribution in [0.4, 0.5) is 0 Å². The molecule has 0 N–H and O–H groups in total. The molecule has 0 fully saturated rings. The first-order valence-electron chi connectivity index (χ1n) is 8.31. The third-order valence-corrected chi connectivity index (χ3v) is 5.51. The van der Waals surface area contributed by atoms with Crippen molar-refractivity contribution in [2.45, 2.75) is 32.1 Å². The lowest BCUT2D eigenvalue weighted by molar-refractivity contribution is 0.0974. The van der Waals surface area contributed by atoms with Crippen molar-refractivity contribution in [3.8, 4) is 17.2 Å². The van der Waals surface area contributed by atoms with E-state index in [-0.39, 0.29) is 16.9 Å². The molecule has 0 spiro atoms. The van der Waals surface area contributed by atoms with Gasteiger partial charge < -0.3 is 0 Å². The van der Waals surface area contributed by atoms with E-state index >= 15 is 0 Å². The molecule has 5 heteroatoms.